The molecule has 6 nitrogen and oxygen atoms in total. The van der Waals surface area contributed by atoms with Crippen molar-refractivity contribution in [2.45, 2.75) is 20.1 Å². The van der Waals surface area contributed by atoms with E-state index in [-0.39, 0.29) is 5.91 Å². The number of nitrogens with one attached hydrogen (secondary N) is 1. The van der Waals surface area contributed by atoms with Gasteiger partial charge in [-0.2, -0.15) is 5.10 Å². The van der Waals surface area contributed by atoms with Gasteiger partial charge >= 0.3 is 0 Å². The summed E-state index contributed by atoms with van der Waals surface area (Å²) in [6.07, 6.45) is 6.72. The van der Waals surface area contributed by atoms with Gasteiger partial charge in [0.1, 0.15) is 18.1 Å². The Hall–Kier alpha value is -4.32. The lowest BCUT2D eigenvalue weighted by molar-refractivity contribution is -0.111. The third kappa shape index (κ3) is 6.13. The Labute approximate surface area is 199 Å². The molecule has 0 spiro atoms. The maximum atomic E-state index is 12.4. The minimum atomic E-state index is -0.229. The topological polar surface area (TPSA) is 65.4 Å². The van der Waals surface area contributed by atoms with Crippen LogP contribution in [0.2, 0.25) is 0 Å². The van der Waals surface area contributed by atoms with Gasteiger partial charge in [-0.25, -0.2) is 0 Å². The maximum absolute atomic E-state index is 12.4. The lowest BCUT2D eigenvalue weighted by Crippen LogP contribution is -2.07. The molecular weight excluding hydrogens is 426 g/mol. The third-order valence-corrected chi connectivity index (χ3v) is 5.30. The molecule has 172 valence electrons. The number of aryl methyl sites for hydroxylation is 1. The lowest BCUT2D eigenvalue weighted by Gasteiger charge is -2.12. The van der Waals surface area contributed by atoms with E-state index in [4.69, 9.17) is 9.47 Å². The number of para-hydroxylation sites is 1. The summed E-state index contributed by atoms with van der Waals surface area (Å²) in [6.45, 7) is 3.02. The molecule has 1 N–H and O–H groups in total. The Bertz CT molecular complexity index is 1280. The first-order valence-electron chi connectivity index (χ1n) is 11.0. The molecule has 0 saturated heterocycles. The first-order valence-corrected chi connectivity index (χ1v) is 11.0. The van der Waals surface area contributed by atoms with Crippen molar-refractivity contribution in [3.8, 4) is 11.5 Å². The van der Waals surface area contributed by atoms with Gasteiger partial charge in [0.25, 0.3) is 0 Å². The molecule has 0 fully saturated rings. The van der Waals surface area contributed by atoms with E-state index in [1.807, 2.05) is 85.9 Å². The van der Waals surface area contributed by atoms with E-state index in [1.54, 1.807) is 24.1 Å². The summed E-state index contributed by atoms with van der Waals surface area (Å²) in [5.41, 5.74) is 4.63. The number of carbonyl (C=O) groups excluding carboxylic acids is 1. The third-order valence-electron chi connectivity index (χ3n) is 5.30. The zero-order chi connectivity index (χ0) is 23.8. The fourth-order valence-electron chi connectivity index (χ4n) is 3.53. The van der Waals surface area contributed by atoms with E-state index >= 15 is 0 Å². The van der Waals surface area contributed by atoms with Gasteiger partial charge in [-0.05, 0) is 47.9 Å². The number of aromatic nitrogens is 2. The summed E-state index contributed by atoms with van der Waals surface area (Å²) in [4.78, 5) is 12.4. The highest BCUT2D eigenvalue weighted by molar-refractivity contribution is 6.01. The Morgan fingerprint density at radius 1 is 1.03 bits per heavy atom. The van der Waals surface area contributed by atoms with Crippen LogP contribution in [0.5, 0.6) is 11.5 Å². The van der Waals surface area contributed by atoms with E-state index in [2.05, 4.69) is 10.4 Å². The largest absolute Gasteiger partial charge is 0.496 e. The van der Waals surface area contributed by atoms with E-state index in [9.17, 15) is 4.79 Å². The van der Waals surface area contributed by atoms with Crippen molar-refractivity contribution in [1.29, 1.82) is 0 Å². The van der Waals surface area contributed by atoms with Crippen molar-refractivity contribution in [2.24, 2.45) is 0 Å². The molecule has 0 radical (unpaired) electrons. The van der Waals surface area contributed by atoms with E-state index in [0.717, 1.165) is 33.8 Å². The van der Waals surface area contributed by atoms with Crippen LogP contribution in [0.15, 0.2) is 91.3 Å². The Morgan fingerprint density at radius 3 is 2.62 bits per heavy atom. The van der Waals surface area contributed by atoms with E-state index < -0.39 is 0 Å². The standard InChI is InChI=1S/C28H27N3O3/c1-21-8-6-7-11-26(21)34-20-24-16-22(12-14-27(24)33-2)13-15-28(32)30-25-17-29-31(19-25)18-23-9-4-3-5-10-23/h3-17,19H,18,20H2,1-2H3,(H,30,32)/b15-13+. The van der Waals surface area contributed by atoms with Crippen LogP contribution >= 0.6 is 0 Å². The van der Waals surface area contributed by atoms with Crippen LogP contribution in [0.4, 0.5) is 5.69 Å². The average molecular weight is 454 g/mol. The predicted octanol–water partition coefficient (Wildman–Crippen LogP) is 5.48. The molecule has 0 saturated carbocycles. The van der Waals surface area contributed by atoms with Crippen molar-refractivity contribution in [3.05, 3.63) is 114 Å². The van der Waals surface area contributed by atoms with Crippen molar-refractivity contribution in [1.82, 2.24) is 9.78 Å². The fourth-order valence-corrected chi connectivity index (χ4v) is 3.53. The second kappa shape index (κ2) is 11.0. The number of carbonyl (C=O) groups is 1. The molecule has 4 rings (SSSR count). The number of benzene rings is 3. The molecule has 34 heavy (non-hydrogen) atoms. The number of methoxy groups -OCH3 is 1. The van der Waals surface area contributed by atoms with Crippen molar-refractivity contribution < 1.29 is 14.3 Å². The molecule has 1 heterocycles. The minimum Gasteiger partial charge on any atom is -0.496 e. The van der Waals surface area contributed by atoms with Crippen LogP contribution in [0.3, 0.4) is 0 Å². The van der Waals surface area contributed by atoms with Gasteiger partial charge in [0.2, 0.25) is 5.91 Å². The van der Waals surface area contributed by atoms with Gasteiger partial charge in [0.15, 0.2) is 0 Å². The molecule has 6 heteroatoms. The molecule has 0 bridgehead atoms. The lowest BCUT2D eigenvalue weighted by atomic mass is 10.1. The summed E-state index contributed by atoms with van der Waals surface area (Å²) in [5.74, 6) is 1.34. The Morgan fingerprint density at radius 2 is 1.82 bits per heavy atom. The van der Waals surface area contributed by atoms with Crippen LogP contribution in [-0.4, -0.2) is 22.8 Å². The molecule has 0 aliphatic carbocycles. The summed E-state index contributed by atoms with van der Waals surface area (Å²) >= 11 is 0. The van der Waals surface area contributed by atoms with Crippen LogP contribution in [0, 0.1) is 6.92 Å². The number of anilines is 1. The van der Waals surface area contributed by atoms with Gasteiger partial charge in [0.05, 0.1) is 25.5 Å². The van der Waals surface area contributed by atoms with Crippen LogP contribution < -0.4 is 14.8 Å². The normalized spacial score (nSPS) is 10.9. The summed E-state index contributed by atoms with van der Waals surface area (Å²) in [5, 5.41) is 7.17. The maximum Gasteiger partial charge on any atom is 0.248 e. The average Bonchev–Trinajstić information content (AvgIpc) is 3.29. The Kier molecular flexibility index (Phi) is 7.40. The number of hydrogen-bond donors (Lipinski definition) is 1. The molecule has 1 amide bonds. The van der Waals surface area contributed by atoms with Crippen LogP contribution in [-0.2, 0) is 17.9 Å². The highest BCUT2D eigenvalue weighted by Gasteiger charge is 2.07. The number of nitrogens with zero attached hydrogens (tertiary/aromatic N) is 2. The molecule has 0 aliphatic rings. The molecule has 0 atom stereocenters. The number of ether oxygens (including phenoxy) is 2. The minimum absolute atomic E-state index is 0.229. The van der Waals surface area contributed by atoms with Gasteiger partial charge in [-0.15, -0.1) is 0 Å². The Balaban J connectivity index is 1.37. The molecule has 0 unspecified atom stereocenters. The predicted molar refractivity (Wildman–Crippen MR) is 134 cm³/mol. The first kappa shape index (κ1) is 22.9. The van der Waals surface area contributed by atoms with Crippen LogP contribution in [0.25, 0.3) is 6.08 Å². The second-order valence-electron chi connectivity index (χ2n) is 7.86. The molecule has 0 aliphatic heterocycles. The summed E-state index contributed by atoms with van der Waals surface area (Å²) < 4.78 is 13.2. The molecule has 4 aromatic rings. The highest BCUT2D eigenvalue weighted by Crippen LogP contribution is 2.24. The smallest absolute Gasteiger partial charge is 0.248 e. The van der Waals surface area contributed by atoms with Crippen LogP contribution in [0.1, 0.15) is 22.3 Å². The van der Waals surface area contributed by atoms with Crippen molar-refractivity contribution in [2.75, 3.05) is 12.4 Å². The number of rotatable bonds is 9. The van der Waals surface area contributed by atoms with E-state index in [1.165, 1.54) is 6.08 Å². The fraction of sp³-hybridized carbons (Fsp3) is 0.143. The quantitative estimate of drug-likeness (QED) is 0.341. The van der Waals surface area contributed by atoms with Crippen molar-refractivity contribution in [3.63, 3.8) is 0 Å². The summed E-state index contributed by atoms with van der Waals surface area (Å²) in [7, 11) is 1.63. The molecular formula is C28H27N3O3. The van der Waals surface area contributed by atoms with Gasteiger partial charge in [-0.3, -0.25) is 9.48 Å². The van der Waals surface area contributed by atoms with Gasteiger partial charge in [0, 0.05) is 17.8 Å². The van der Waals surface area contributed by atoms with Gasteiger partial charge < -0.3 is 14.8 Å². The summed E-state index contributed by atoms with van der Waals surface area (Å²) in [6, 6.07) is 23.7. The SMILES string of the molecule is COc1ccc(/C=C/C(=O)Nc2cnn(Cc3ccccc3)c2)cc1COc1ccccc1C. The first-order chi connectivity index (χ1) is 16.6. The second-order valence-corrected chi connectivity index (χ2v) is 7.86. The van der Waals surface area contributed by atoms with Gasteiger partial charge in [-0.1, -0.05) is 54.6 Å². The molecule has 3 aromatic carbocycles. The zero-order valence-corrected chi connectivity index (χ0v) is 19.3. The van der Waals surface area contributed by atoms with Crippen molar-refractivity contribution >= 4 is 17.7 Å². The molecule has 1 aromatic heterocycles. The van der Waals surface area contributed by atoms with E-state index in [0.29, 0.717) is 18.8 Å². The zero-order valence-electron chi connectivity index (χ0n) is 19.3. The number of amides is 1. The highest BCUT2D eigenvalue weighted by atomic mass is 16.5. The number of hydrogen-bond acceptors (Lipinski definition) is 4. The monoisotopic (exact) mass is 453 g/mol.